The third kappa shape index (κ3) is 39.4. The number of hydrogen-bond donors (Lipinski definition) is 3. The lowest BCUT2D eigenvalue weighted by Crippen LogP contribution is -2.46. The maximum atomic E-state index is 13.1. The van der Waals surface area contributed by atoms with E-state index >= 15 is 0 Å². The Labute approximate surface area is 356 Å². The van der Waals surface area contributed by atoms with Crippen LogP contribution < -0.4 is 5.32 Å². The molecule has 0 aliphatic carbocycles. The van der Waals surface area contributed by atoms with Crippen LogP contribution in [-0.4, -0.2) is 46.9 Å². The second-order valence-electron chi connectivity index (χ2n) is 15.3. The van der Waals surface area contributed by atoms with Crippen LogP contribution in [0.25, 0.3) is 0 Å². The monoisotopic (exact) mass is 804 g/mol. The number of allylic oxidation sites excluding steroid dienone is 18. The van der Waals surface area contributed by atoms with E-state index < -0.39 is 18.2 Å². The first kappa shape index (κ1) is 54.5. The number of ether oxygens (including phenoxy) is 1. The molecule has 0 saturated heterocycles. The summed E-state index contributed by atoms with van der Waals surface area (Å²) in [5, 5.41) is 23.7. The van der Waals surface area contributed by atoms with Crippen LogP contribution in [0.15, 0.2) is 109 Å². The lowest BCUT2D eigenvalue weighted by molar-refractivity contribution is -0.151. The molecule has 328 valence electrons. The summed E-state index contributed by atoms with van der Waals surface area (Å²) in [6.45, 7) is 6.14. The smallest absolute Gasteiger partial charge is 0.306 e. The predicted octanol–water partition coefficient (Wildman–Crippen LogP) is 13.6. The Balaban J connectivity index is 4.79. The molecule has 0 fully saturated rings. The molecule has 0 heterocycles. The van der Waals surface area contributed by atoms with Crippen molar-refractivity contribution in [3.05, 3.63) is 109 Å². The van der Waals surface area contributed by atoms with E-state index in [2.05, 4.69) is 50.4 Å². The van der Waals surface area contributed by atoms with E-state index in [0.717, 1.165) is 64.2 Å². The second kappa shape index (κ2) is 44.6. The summed E-state index contributed by atoms with van der Waals surface area (Å²) in [4.78, 5) is 26.0. The first-order valence-electron chi connectivity index (χ1n) is 23.2. The predicted molar refractivity (Wildman–Crippen MR) is 250 cm³/mol. The molecule has 0 saturated carbocycles. The van der Waals surface area contributed by atoms with Gasteiger partial charge >= 0.3 is 5.97 Å². The van der Waals surface area contributed by atoms with Crippen LogP contribution in [0.5, 0.6) is 0 Å². The molecule has 0 spiro atoms. The van der Waals surface area contributed by atoms with E-state index in [1.807, 2.05) is 85.1 Å². The molecule has 0 bridgehead atoms. The molecule has 58 heavy (non-hydrogen) atoms. The van der Waals surface area contributed by atoms with Gasteiger partial charge in [-0.05, 0) is 57.8 Å². The van der Waals surface area contributed by atoms with Gasteiger partial charge in [-0.2, -0.15) is 0 Å². The molecule has 3 N–H and O–H groups in total. The number of rotatable bonds is 39. The van der Waals surface area contributed by atoms with Crippen molar-refractivity contribution in [3.63, 3.8) is 0 Å². The van der Waals surface area contributed by atoms with Crippen LogP contribution in [0.3, 0.4) is 0 Å². The second-order valence-corrected chi connectivity index (χ2v) is 15.3. The Morgan fingerprint density at radius 2 is 0.931 bits per heavy atom. The SMILES string of the molecule is CC/C=C/C=C/C=C\C=C/C=C/CCCC(=O)OC(CCCCC\C=C/C=C/C=C/C=C/CC)CC(=O)NC(CO)C(O)CCCCCCCCCCCCCCC. The summed E-state index contributed by atoms with van der Waals surface area (Å²) in [7, 11) is 0. The molecule has 0 aromatic rings. The summed E-state index contributed by atoms with van der Waals surface area (Å²) < 4.78 is 5.85. The van der Waals surface area contributed by atoms with Crippen molar-refractivity contribution in [1.82, 2.24) is 5.32 Å². The summed E-state index contributed by atoms with van der Waals surface area (Å²) >= 11 is 0. The van der Waals surface area contributed by atoms with E-state index in [9.17, 15) is 19.8 Å². The molecule has 0 aromatic carbocycles. The average Bonchev–Trinajstić information content (AvgIpc) is 3.22. The van der Waals surface area contributed by atoms with E-state index in [4.69, 9.17) is 4.74 Å². The Morgan fingerprint density at radius 3 is 1.41 bits per heavy atom. The quantitative estimate of drug-likeness (QED) is 0.0327. The number of aliphatic hydroxyl groups is 2. The van der Waals surface area contributed by atoms with E-state index in [-0.39, 0.29) is 31.3 Å². The molecule has 3 unspecified atom stereocenters. The minimum atomic E-state index is -0.816. The molecular formula is C52H85NO5. The van der Waals surface area contributed by atoms with Gasteiger partial charge in [0.25, 0.3) is 0 Å². The van der Waals surface area contributed by atoms with Crippen molar-refractivity contribution in [3.8, 4) is 0 Å². The maximum Gasteiger partial charge on any atom is 0.306 e. The molecule has 0 radical (unpaired) electrons. The standard InChI is InChI=1S/C52H85NO5/c1-4-7-10-13-16-19-22-25-28-31-34-37-40-43-48(58-52(57)45-42-39-36-33-30-27-24-21-18-15-12-9-6-3)46-51(56)53-49(47-54)50(55)44-41-38-35-32-29-26-23-20-17-14-11-8-5-2/h7,9-10,12-13,15-16,18-19,21-22,24-25,27-28,30,33,36,48-50,54-55H,4-6,8,11,14,17,20,23,26,29,31-32,34-35,37-47H2,1-3H3,(H,53,56)/b10-7+,12-9+,16-13+,18-15+,22-19+,24-21-,28-25-,30-27-,36-33+. The average molecular weight is 804 g/mol. The third-order valence-electron chi connectivity index (χ3n) is 9.82. The van der Waals surface area contributed by atoms with Crippen LogP contribution >= 0.6 is 0 Å². The van der Waals surface area contributed by atoms with Gasteiger partial charge in [0.1, 0.15) is 6.10 Å². The van der Waals surface area contributed by atoms with Gasteiger partial charge in [-0.1, -0.05) is 220 Å². The fourth-order valence-electron chi connectivity index (χ4n) is 6.35. The van der Waals surface area contributed by atoms with Gasteiger partial charge in [0, 0.05) is 6.42 Å². The van der Waals surface area contributed by atoms with Crippen molar-refractivity contribution in [1.29, 1.82) is 0 Å². The highest BCUT2D eigenvalue weighted by molar-refractivity contribution is 5.77. The van der Waals surface area contributed by atoms with Crippen LogP contribution in [0, 0.1) is 0 Å². The third-order valence-corrected chi connectivity index (χ3v) is 9.82. The van der Waals surface area contributed by atoms with Gasteiger partial charge in [-0.25, -0.2) is 0 Å². The zero-order valence-corrected chi connectivity index (χ0v) is 37.1. The summed E-state index contributed by atoms with van der Waals surface area (Å²) in [6, 6.07) is -0.735. The molecule has 0 aliphatic rings. The highest BCUT2D eigenvalue weighted by atomic mass is 16.5. The van der Waals surface area contributed by atoms with Crippen molar-refractivity contribution in [2.75, 3.05) is 6.61 Å². The zero-order chi connectivity index (χ0) is 42.4. The highest BCUT2D eigenvalue weighted by Gasteiger charge is 2.24. The Bertz CT molecular complexity index is 1220. The first-order valence-corrected chi connectivity index (χ1v) is 23.2. The molecule has 0 aromatic heterocycles. The molecule has 0 aliphatic heterocycles. The van der Waals surface area contributed by atoms with Gasteiger partial charge in [0.15, 0.2) is 0 Å². The van der Waals surface area contributed by atoms with E-state index in [1.54, 1.807) is 0 Å². The number of unbranched alkanes of at least 4 members (excludes halogenated alkanes) is 16. The number of hydrogen-bond acceptors (Lipinski definition) is 5. The fraction of sp³-hybridized carbons (Fsp3) is 0.615. The lowest BCUT2D eigenvalue weighted by atomic mass is 10.0. The van der Waals surface area contributed by atoms with Crippen molar-refractivity contribution in [2.24, 2.45) is 0 Å². The number of nitrogens with one attached hydrogen (secondary N) is 1. The number of esters is 1. The molecule has 1 amide bonds. The van der Waals surface area contributed by atoms with Gasteiger partial charge in [-0.3, -0.25) is 9.59 Å². The zero-order valence-electron chi connectivity index (χ0n) is 37.1. The summed E-state index contributed by atoms with van der Waals surface area (Å²) in [5.74, 6) is -0.615. The van der Waals surface area contributed by atoms with Crippen LogP contribution in [-0.2, 0) is 14.3 Å². The molecular weight excluding hydrogens is 719 g/mol. The number of carbonyl (C=O) groups is 2. The van der Waals surface area contributed by atoms with Crippen LogP contribution in [0.4, 0.5) is 0 Å². The van der Waals surface area contributed by atoms with Crippen LogP contribution in [0.2, 0.25) is 0 Å². The summed E-state index contributed by atoms with van der Waals surface area (Å²) in [6.07, 6.45) is 60.1. The Kier molecular flexibility index (Phi) is 41.9. The van der Waals surface area contributed by atoms with Gasteiger partial charge in [0.05, 0.1) is 25.2 Å². The minimum absolute atomic E-state index is 0.0155. The van der Waals surface area contributed by atoms with Crippen molar-refractivity contribution in [2.45, 2.75) is 200 Å². The number of aliphatic hydroxyl groups excluding tert-OH is 2. The summed E-state index contributed by atoms with van der Waals surface area (Å²) in [5.41, 5.74) is 0. The Morgan fingerprint density at radius 1 is 0.517 bits per heavy atom. The topological polar surface area (TPSA) is 95.9 Å². The van der Waals surface area contributed by atoms with Gasteiger partial charge in [-0.15, -0.1) is 0 Å². The highest BCUT2D eigenvalue weighted by Crippen LogP contribution is 2.16. The molecule has 6 nitrogen and oxygen atoms in total. The van der Waals surface area contributed by atoms with Crippen molar-refractivity contribution < 1.29 is 24.5 Å². The minimum Gasteiger partial charge on any atom is -0.462 e. The van der Waals surface area contributed by atoms with E-state index in [1.165, 1.54) is 64.2 Å². The molecule has 3 atom stereocenters. The maximum absolute atomic E-state index is 13.1. The van der Waals surface area contributed by atoms with Crippen molar-refractivity contribution >= 4 is 11.9 Å². The molecule has 6 heteroatoms. The first-order chi connectivity index (χ1) is 28.5. The normalized spacial score (nSPS) is 14.4. The molecule has 0 rings (SSSR count). The lowest BCUT2D eigenvalue weighted by Gasteiger charge is -2.24. The largest absolute Gasteiger partial charge is 0.462 e. The van der Waals surface area contributed by atoms with Gasteiger partial charge in [0.2, 0.25) is 5.91 Å². The van der Waals surface area contributed by atoms with E-state index in [0.29, 0.717) is 19.3 Å². The fourth-order valence-corrected chi connectivity index (χ4v) is 6.35. The Hall–Kier alpha value is -3.48. The number of carbonyl (C=O) groups excluding carboxylic acids is 2. The number of amides is 1. The van der Waals surface area contributed by atoms with Gasteiger partial charge < -0.3 is 20.3 Å². The van der Waals surface area contributed by atoms with Crippen LogP contribution in [0.1, 0.15) is 181 Å².